The van der Waals surface area contributed by atoms with Gasteiger partial charge in [-0.1, -0.05) is 12.1 Å². The van der Waals surface area contributed by atoms with Crippen molar-refractivity contribution in [3.8, 4) is 0 Å². The van der Waals surface area contributed by atoms with Crippen LogP contribution in [0.2, 0.25) is 0 Å². The number of hydrogen-bond acceptors (Lipinski definition) is 3. The summed E-state index contributed by atoms with van der Waals surface area (Å²) in [5.41, 5.74) is 6.89. The average molecular weight is 291 g/mol. The monoisotopic (exact) mass is 290 g/mol. The number of carboxylic acids is 1. The molecular formula is C11H15ClN2O3S. The van der Waals surface area contributed by atoms with E-state index in [9.17, 15) is 9.00 Å². The Hall–Kier alpha value is -1.11. The fraction of sp³-hybridized carbons (Fsp3) is 0.364. The van der Waals surface area contributed by atoms with Crippen molar-refractivity contribution >= 4 is 34.2 Å². The average Bonchev–Trinajstić information content (AvgIpc) is 2.29. The van der Waals surface area contributed by atoms with E-state index in [1.54, 1.807) is 24.3 Å². The third kappa shape index (κ3) is 5.03. The first-order valence-corrected chi connectivity index (χ1v) is 7.16. The molecule has 0 aliphatic carbocycles. The number of alkyl halides is 1. The number of benzene rings is 1. The second-order valence-corrected chi connectivity index (χ2v) is 5.37. The summed E-state index contributed by atoms with van der Waals surface area (Å²) >= 11 is 5.48. The van der Waals surface area contributed by atoms with Gasteiger partial charge in [0.25, 0.3) is 0 Å². The molecule has 0 saturated carbocycles. The lowest BCUT2D eigenvalue weighted by Gasteiger charge is -2.09. The predicted molar refractivity (Wildman–Crippen MR) is 73.1 cm³/mol. The third-order valence-corrected chi connectivity index (χ3v) is 3.65. The van der Waals surface area contributed by atoms with Gasteiger partial charge in [0.1, 0.15) is 17.0 Å². The van der Waals surface area contributed by atoms with Crippen molar-refractivity contribution in [2.24, 2.45) is 5.73 Å². The molecule has 1 aromatic rings. The summed E-state index contributed by atoms with van der Waals surface area (Å²) in [5, 5.41) is 8.72. The predicted octanol–water partition coefficient (Wildman–Crippen LogP) is 0.955. The lowest BCUT2D eigenvalue weighted by Crippen LogP contribution is -2.32. The SMILES string of the molecule is N[C@@H](Cc1cccc(NS(=O)CCCl)c1)C(=O)O. The number of carbonyl (C=O) groups is 1. The van der Waals surface area contributed by atoms with Crippen LogP contribution in [0.5, 0.6) is 0 Å². The van der Waals surface area contributed by atoms with Gasteiger partial charge in [0, 0.05) is 11.6 Å². The zero-order valence-corrected chi connectivity index (χ0v) is 11.2. The Kier molecular flexibility index (Phi) is 6.11. The maximum atomic E-state index is 11.5. The number of anilines is 1. The smallest absolute Gasteiger partial charge is 0.320 e. The van der Waals surface area contributed by atoms with Crippen molar-refractivity contribution in [1.82, 2.24) is 0 Å². The summed E-state index contributed by atoms with van der Waals surface area (Å²) in [6, 6.07) is 6.08. The number of nitrogens with one attached hydrogen (secondary N) is 1. The second kappa shape index (κ2) is 7.35. The lowest BCUT2D eigenvalue weighted by molar-refractivity contribution is -0.138. The summed E-state index contributed by atoms with van der Waals surface area (Å²) in [6.07, 6.45) is 0.229. The zero-order chi connectivity index (χ0) is 13.5. The Morgan fingerprint density at radius 2 is 2.28 bits per heavy atom. The molecule has 0 saturated heterocycles. The van der Waals surface area contributed by atoms with Crippen molar-refractivity contribution in [3.63, 3.8) is 0 Å². The van der Waals surface area contributed by atoms with Gasteiger partial charge in [-0.25, -0.2) is 4.21 Å². The summed E-state index contributed by atoms with van der Waals surface area (Å²) in [4.78, 5) is 10.6. The molecule has 4 N–H and O–H groups in total. The molecule has 0 aromatic heterocycles. The first-order valence-electron chi connectivity index (χ1n) is 5.31. The fourth-order valence-electron chi connectivity index (χ4n) is 1.36. The maximum absolute atomic E-state index is 11.5. The van der Waals surface area contributed by atoms with E-state index in [-0.39, 0.29) is 6.42 Å². The minimum Gasteiger partial charge on any atom is -0.480 e. The van der Waals surface area contributed by atoms with Crippen LogP contribution < -0.4 is 10.5 Å². The summed E-state index contributed by atoms with van der Waals surface area (Å²) in [5.74, 6) is -0.386. The van der Waals surface area contributed by atoms with Gasteiger partial charge < -0.3 is 15.6 Å². The highest BCUT2D eigenvalue weighted by Gasteiger charge is 2.12. The molecule has 0 fully saturated rings. The lowest BCUT2D eigenvalue weighted by atomic mass is 10.1. The molecule has 0 radical (unpaired) electrons. The topological polar surface area (TPSA) is 92.4 Å². The molecule has 1 unspecified atom stereocenters. The normalized spacial score (nSPS) is 13.9. The Morgan fingerprint density at radius 3 is 2.89 bits per heavy atom. The molecule has 0 bridgehead atoms. The second-order valence-electron chi connectivity index (χ2n) is 3.69. The van der Waals surface area contributed by atoms with E-state index < -0.39 is 23.0 Å². The summed E-state index contributed by atoms with van der Waals surface area (Å²) < 4.78 is 14.2. The molecule has 0 heterocycles. The first-order chi connectivity index (χ1) is 8.52. The molecule has 0 aliphatic rings. The number of hydrogen-bond donors (Lipinski definition) is 3. The maximum Gasteiger partial charge on any atom is 0.320 e. The van der Waals surface area contributed by atoms with Crippen molar-refractivity contribution in [3.05, 3.63) is 29.8 Å². The molecule has 100 valence electrons. The van der Waals surface area contributed by atoms with Gasteiger partial charge in [-0.15, -0.1) is 11.6 Å². The molecule has 0 spiro atoms. The van der Waals surface area contributed by atoms with Crippen LogP contribution in [-0.4, -0.2) is 33.0 Å². The van der Waals surface area contributed by atoms with Crippen LogP contribution >= 0.6 is 11.6 Å². The van der Waals surface area contributed by atoms with Gasteiger partial charge in [-0.3, -0.25) is 4.79 Å². The highest BCUT2D eigenvalue weighted by molar-refractivity contribution is 7.86. The molecule has 5 nitrogen and oxygen atoms in total. The minimum atomic E-state index is -1.23. The van der Waals surface area contributed by atoms with Crippen molar-refractivity contribution in [2.75, 3.05) is 16.4 Å². The van der Waals surface area contributed by atoms with E-state index in [0.29, 0.717) is 17.3 Å². The third-order valence-electron chi connectivity index (χ3n) is 2.19. The Bertz CT molecular complexity index is 442. The van der Waals surface area contributed by atoms with Crippen molar-refractivity contribution < 1.29 is 14.1 Å². The quantitative estimate of drug-likeness (QED) is 0.652. The van der Waals surface area contributed by atoms with Gasteiger partial charge in [-0.2, -0.15) is 0 Å². The molecule has 2 atom stereocenters. The van der Waals surface area contributed by atoms with Crippen LogP contribution in [0.15, 0.2) is 24.3 Å². The van der Waals surface area contributed by atoms with Crippen LogP contribution in [0.25, 0.3) is 0 Å². The van der Waals surface area contributed by atoms with Crippen molar-refractivity contribution in [1.29, 1.82) is 0 Å². The molecule has 7 heteroatoms. The fourth-order valence-corrected chi connectivity index (χ4v) is 2.41. The highest BCUT2D eigenvalue weighted by Crippen LogP contribution is 2.13. The first kappa shape index (κ1) is 14.9. The van der Waals surface area contributed by atoms with E-state index in [4.69, 9.17) is 22.4 Å². The number of nitrogens with two attached hydrogens (primary N) is 1. The van der Waals surface area contributed by atoms with Crippen LogP contribution in [0.4, 0.5) is 5.69 Å². The van der Waals surface area contributed by atoms with Gasteiger partial charge in [-0.05, 0) is 24.1 Å². The summed E-state index contributed by atoms with van der Waals surface area (Å²) in [6.45, 7) is 0. The van der Waals surface area contributed by atoms with Crippen molar-refractivity contribution in [2.45, 2.75) is 12.5 Å². The summed E-state index contributed by atoms with van der Waals surface area (Å²) in [7, 11) is -1.23. The number of carboxylic acid groups (broad SMARTS) is 1. The molecule has 0 aliphatic heterocycles. The highest BCUT2D eigenvalue weighted by atomic mass is 35.5. The van der Waals surface area contributed by atoms with E-state index in [1.165, 1.54) is 0 Å². The van der Waals surface area contributed by atoms with E-state index in [1.807, 2.05) is 0 Å². The number of halogens is 1. The zero-order valence-electron chi connectivity index (χ0n) is 9.64. The van der Waals surface area contributed by atoms with E-state index in [2.05, 4.69) is 4.72 Å². The van der Waals surface area contributed by atoms with Gasteiger partial charge in [0.2, 0.25) is 0 Å². The van der Waals surface area contributed by atoms with E-state index in [0.717, 1.165) is 5.56 Å². The van der Waals surface area contributed by atoms with Crippen LogP contribution in [0, 0.1) is 0 Å². The Balaban J connectivity index is 2.67. The van der Waals surface area contributed by atoms with Crippen LogP contribution in [0.3, 0.4) is 0 Å². The van der Waals surface area contributed by atoms with Gasteiger partial charge >= 0.3 is 5.97 Å². The van der Waals surface area contributed by atoms with Gasteiger partial charge in [0.05, 0.1) is 5.75 Å². The minimum absolute atomic E-state index is 0.229. The van der Waals surface area contributed by atoms with Gasteiger partial charge in [0.15, 0.2) is 0 Å². The molecule has 1 aromatic carbocycles. The van der Waals surface area contributed by atoms with E-state index >= 15 is 0 Å². The number of rotatable bonds is 7. The van der Waals surface area contributed by atoms with Crippen LogP contribution in [-0.2, 0) is 22.2 Å². The molecular weight excluding hydrogens is 276 g/mol. The number of aliphatic carboxylic acids is 1. The molecule has 18 heavy (non-hydrogen) atoms. The van der Waals surface area contributed by atoms with Crippen LogP contribution in [0.1, 0.15) is 5.56 Å². The largest absolute Gasteiger partial charge is 0.480 e. The molecule has 0 amide bonds. The molecule has 1 rings (SSSR count). The standard InChI is InChI=1S/C11H15ClN2O3S/c12-4-5-18(17)14-9-3-1-2-8(6-9)7-10(13)11(15)16/h1-3,6,10,14H,4-5,7,13H2,(H,15,16)/t10-,18?/m0/s1. The Labute approximate surface area is 113 Å². The Morgan fingerprint density at radius 1 is 1.56 bits per heavy atom.